The molecule has 0 saturated carbocycles. The molecule has 1 aliphatic heterocycles. The third-order valence-electron chi connectivity index (χ3n) is 5.47. The van der Waals surface area contributed by atoms with Gasteiger partial charge in [-0.25, -0.2) is 14.8 Å². The van der Waals surface area contributed by atoms with Gasteiger partial charge in [0.05, 0.1) is 24.0 Å². The molecule has 33 heavy (non-hydrogen) atoms. The molecule has 0 spiro atoms. The van der Waals surface area contributed by atoms with Gasteiger partial charge < -0.3 is 30.3 Å². The van der Waals surface area contributed by atoms with Crippen LogP contribution in [-0.4, -0.2) is 39.9 Å². The molecule has 4 N–H and O–H groups in total. The van der Waals surface area contributed by atoms with Gasteiger partial charge >= 0.3 is 5.97 Å². The number of aromatic carboxylic acids is 1. The number of hydrogen-bond donors (Lipinski definition) is 4. The van der Waals surface area contributed by atoms with Crippen molar-refractivity contribution >= 4 is 23.3 Å². The highest BCUT2D eigenvalue weighted by atomic mass is 16.7. The first kappa shape index (κ1) is 22.7. The summed E-state index contributed by atoms with van der Waals surface area (Å²) in [7, 11) is 1.58. The highest BCUT2D eigenvalue weighted by molar-refractivity contribution is 5.94. The molecule has 2 atom stereocenters. The molecule has 0 aliphatic carbocycles. The van der Waals surface area contributed by atoms with Gasteiger partial charge in [0.1, 0.15) is 22.8 Å². The number of fused-ring (bicyclic) bond motifs is 1. The van der Waals surface area contributed by atoms with Crippen LogP contribution in [0.25, 0.3) is 0 Å². The Hall–Kier alpha value is -3.53. The van der Waals surface area contributed by atoms with Crippen molar-refractivity contribution in [2.24, 2.45) is 0 Å². The van der Waals surface area contributed by atoms with Crippen LogP contribution in [0.15, 0.2) is 54.7 Å². The Morgan fingerprint density at radius 2 is 1.97 bits per heavy atom. The SMILES string of the molecule is COC1OC(C)(C)c2nc(Nc3cc(N[C@H](CO)c4ccccc4)c(C(=O)O)cn3)ccc21. The molecule has 2 aromatic heterocycles. The van der Waals surface area contributed by atoms with E-state index in [4.69, 9.17) is 9.47 Å². The molecule has 9 heteroatoms. The number of nitrogens with zero attached hydrogens (tertiary/aromatic N) is 2. The van der Waals surface area contributed by atoms with Crippen LogP contribution in [0.1, 0.15) is 53.4 Å². The molecule has 1 unspecified atom stereocenters. The molecule has 4 rings (SSSR count). The number of aliphatic hydroxyl groups excluding tert-OH is 1. The topological polar surface area (TPSA) is 126 Å². The van der Waals surface area contributed by atoms with E-state index in [0.717, 1.165) is 16.8 Å². The zero-order valence-electron chi connectivity index (χ0n) is 18.6. The van der Waals surface area contributed by atoms with E-state index in [-0.39, 0.29) is 12.2 Å². The number of nitrogens with one attached hydrogen (secondary N) is 2. The molecular weight excluding hydrogens is 424 g/mol. The Kier molecular flexibility index (Phi) is 6.28. The van der Waals surface area contributed by atoms with Gasteiger partial charge in [-0.3, -0.25) is 0 Å². The highest BCUT2D eigenvalue weighted by Crippen LogP contribution is 2.42. The average Bonchev–Trinajstić information content (AvgIpc) is 3.07. The zero-order valence-corrected chi connectivity index (χ0v) is 18.6. The minimum atomic E-state index is -1.12. The molecule has 0 fully saturated rings. The summed E-state index contributed by atoms with van der Waals surface area (Å²) in [4.78, 5) is 20.7. The third kappa shape index (κ3) is 4.65. The summed E-state index contributed by atoms with van der Waals surface area (Å²) in [6, 6.07) is 14.1. The molecule has 0 saturated heterocycles. The van der Waals surface area contributed by atoms with Crippen LogP contribution in [-0.2, 0) is 15.1 Å². The fourth-order valence-electron chi connectivity index (χ4n) is 3.83. The van der Waals surface area contributed by atoms with E-state index in [1.807, 2.05) is 50.2 Å². The van der Waals surface area contributed by atoms with E-state index in [1.165, 1.54) is 6.20 Å². The standard InChI is InChI=1S/C24H26N4O5/c1-24(2)21-15(23(32-3)33-24)9-10-19(28-21)27-20-11-17(16(12-25-20)22(30)31)26-18(13-29)14-7-5-4-6-8-14/h4-12,18,23,29H,13H2,1-3H3,(H,30,31)(H2,25,26,27,28)/t18-,23?/m1/s1. The highest BCUT2D eigenvalue weighted by Gasteiger charge is 2.39. The van der Waals surface area contributed by atoms with E-state index in [1.54, 1.807) is 19.2 Å². The molecule has 3 aromatic rings. The summed E-state index contributed by atoms with van der Waals surface area (Å²) in [6.07, 6.45) is 0.794. The second kappa shape index (κ2) is 9.14. The van der Waals surface area contributed by atoms with Gasteiger partial charge in [-0.1, -0.05) is 30.3 Å². The number of benzene rings is 1. The van der Waals surface area contributed by atoms with Gasteiger partial charge in [-0.15, -0.1) is 0 Å². The molecular formula is C24H26N4O5. The van der Waals surface area contributed by atoms with Crippen LogP contribution in [0.3, 0.4) is 0 Å². The summed E-state index contributed by atoms with van der Waals surface area (Å²) in [5.74, 6) is -0.188. The molecule has 1 aliphatic rings. The van der Waals surface area contributed by atoms with E-state index in [9.17, 15) is 15.0 Å². The lowest BCUT2D eigenvalue weighted by Crippen LogP contribution is -2.18. The Balaban J connectivity index is 1.63. The lowest BCUT2D eigenvalue weighted by Gasteiger charge is -2.20. The summed E-state index contributed by atoms with van der Waals surface area (Å²) in [6.45, 7) is 3.63. The molecule has 0 radical (unpaired) electrons. The van der Waals surface area contributed by atoms with Crippen molar-refractivity contribution in [3.63, 3.8) is 0 Å². The maximum absolute atomic E-state index is 11.8. The smallest absolute Gasteiger partial charge is 0.339 e. The van der Waals surface area contributed by atoms with Crippen LogP contribution in [0, 0.1) is 0 Å². The van der Waals surface area contributed by atoms with Gasteiger partial charge in [-0.2, -0.15) is 0 Å². The van der Waals surface area contributed by atoms with Crippen molar-refractivity contribution in [1.82, 2.24) is 9.97 Å². The van der Waals surface area contributed by atoms with Crippen molar-refractivity contribution in [3.05, 3.63) is 77.1 Å². The van der Waals surface area contributed by atoms with E-state index in [0.29, 0.717) is 17.3 Å². The maximum Gasteiger partial charge on any atom is 0.339 e. The fraction of sp³-hybridized carbons (Fsp3) is 0.292. The third-order valence-corrected chi connectivity index (χ3v) is 5.47. The van der Waals surface area contributed by atoms with Gasteiger partial charge in [-0.05, 0) is 31.5 Å². The van der Waals surface area contributed by atoms with Gasteiger partial charge in [0.2, 0.25) is 0 Å². The fourth-order valence-corrected chi connectivity index (χ4v) is 3.83. The number of pyridine rings is 2. The number of rotatable bonds is 8. The molecule has 0 amide bonds. The Labute approximate surface area is 191 Å². The largest absolute Gasteiger partial charge is 0.478 e. The second-order valence-corrected chi connectivity index (χ2v) is 8.17. The summed E-state index contributed by atoms with van der Waals surface area (Å²) >= 11 is 0. The van der Waals surface area contributed by atoms with Crippen molar-refractivity contribution < 1.29 is 24.5 Å². The number of ether oxygens (including phenoxy) is 2. The Morgan fingerprint density at radius 3 is 2.64 bits per heavy atom. The molecule has 1 aromatic carbocycles. The van der Waals surface area contributed by atoms with Crippen LogP contribution in [0.5, 0.6) is 0 Å². The van der Waals surface area contributed by atoms with E-state index in [2.05, 4.69) is 20.6 Å². The van der Waals surface area contributed by atoms with Crippen molar-refractivity contribution in [1.29, 1.82) is 0 Å². The lowest BCUT2D eigenvalue weighted by molar-refractivity contribution is -0.175. The number of hydrogen-bond acceptors (Lipinski definition) is 8. The first-order chi connectivity index (χ1) is 15.8. The number of methoxy groups -OCH3 is 1. The van der Waals surface area contributed by atoms with Gasteiger partial charge in [0.15, 0.2) is 6.29 Å². The first-order valence-corrected chi connectivity index (χ1v) is 10.5. The van der Waals surface area contributed by atoms with Crippen molar-refractivity contribution in [2.75, 3.05) is 24.4 Å². The minimum Gasteiger partial charge on any atom is -0.478 e. The lowest BCUT2D eigenvalue weighted by atomic mass is 10.0. The predicted octanol–water partition coefficient (Wildman–Crippen LogP) is 3.97. The number of carboxylic acids is 1. The summed E-state index contributed by atoms with van der Waals surface area (Å²) in [5.41, 5.74) is 2.15. The first-order valence-electron chi connectivity index (χ1n) is 10.5. The van der Waals surface area contributed by atoms with Crippen LogP contribution in [0.2, 0.25) is 0 Å². The Morgan fingerprint density at radius 1 is 1.21 bits per heavy atom. The number of aromatic nitrogens is 2. The minimum absolute atomic E-state index is 0.00527. The van der Waals surface area contributed by atoms with Crippen LogP contribution in [0.4, 0.5) is 17.3 Å². The normalized spacial score (nSPS) is 17.3. The molecule has 3 heterocycles. The molecule has 0 bridgehead atoms. The molecule has 172 valence electrons. The molecule has 9 nitrogen and oxygen atoms in total. The zero-order chi connectivity index (χ0) is 23.6. The predicted molar refractivity (Wildman–Crippen MR) is 122 cm³/mol. The quantitative estimate of drug-likeness (QED) is 0.403. The van der Waals surface area contributed by atoms with E-state index < -0.39 is 23.9 Å². The number of anilines is 3. The van der Waals surface area contributed by atoms with E-state index >= 15 is 0 Å². The van der Waals surface area contributed by atoms with Crippen molar-refractivity contribution in [2.45, 2.75) is 31.8 Å². The number of aliphatic hydroxyl groups is 1. The Bertz CT molecular complexity index is 1150. The summed E-state index contributed by atoms with van der Waals surface area (Å²) < 4.78 is 11.3. The average molecular weight is 450 g/mol. The van der Waals surface area contributed by atoms with Gasteiger partial charge in [0, 0.05) is 24.9 Å². The van der Waals surface area contributed by atoms with Crippen LogP contribution >= 0.6 is 0 Å². The monoisotopic (exact) mass is 450 g/mol. The number of carboxylic acid groups (broad SMARTS) is 1. The second-order valence-electron chi connectivity index (χ2n) is 8.17. The van der Waals surface area contributed by atoms with Crippen LogP contribution < -0.4 is 10.6 Å². The number of carbonyl (C=O) groups is 1. The van der Waals surface area contributed by atoms with Crippen molar-refractivity contribution in [3.8, 4) is 0 Å². The van der Waals surface area contributed by atoms with Gasteiger partial charge in [0.25, 0.3) is 0 Å². The maximum atomic E-state index is 11.8. The summed E-state index contributed by atoms with van der Waals surface area (Å²) in [5, 5.41) is 25.7.